The van der Waals surface area contributed by atoms with Gasteiger partial charge in [0, 0.05) is 18.3 Å². The van der Waals surface area contributed by atoms with Crippen LogP contribution in [0.25, 0.3) is 5.65 Å². The summed E-state index contributed by atoms with van der Waals surface area (Å²) in [4.78, 5) is 16.3. The predicted molar refractivity (Wildman–Crippen MR) is 69.1 cm³/mol. The quantitative estimate of drug-likeness (QED) is 0.897. The van der Waals surface area contributed by atoms with Crippen LogP contribution in [-0.4, -0.2) is 15.3 Å². The van der Waals surface area contributed by atoms with Crippen LogP contribution in [0.4, 0.5) is 0 Å². The van der Waals surface area contributed by atoms with E-state index in [-0.39, 0.29) is 11.8 Å². The molecule has 0 aliphatic heterocycles. The number of aromatic nitrogens is 2. The van der Waals surface area contributed by atoms with Crippen molar-refractivity contribution in [2.24, 2.45) is 5.92 Å². The molecule has 2 heterocycles. The summed E-state index contributed by atoms with van der Waals surface area (Å²) in [5, 5.41) is 2.97. The van der Waals surface area contributed by atoms with Crippen molar-refractivity contribution in [2.45, 2.75) is 32.7 Å². The van der Waals surface area contributed by atoms with Gasteiger partial charge < -0.3 is 9.72 Å². The van der Waals surface area contributed by atoms with Gasteiger partial charge >= 0.3 is 0 Å². The van der Waals surface area contributed by atoms with Gasteiger partial charge in [-0.2, -0.15) is 0 Å². The van der Waals surface area contributed by atoms with Gasteiger partial charge in [-0.25, -0.2) is 4.98 Å². The van der Waals surface area contributed by atoms with Crippen molar-refractivity contribution >= 4 is 11.6 Å². The van der Waals surface area contributed by atoms with E-state index < -0.39 is 0 Å². The summed E-state index contributed by atoms with van der Waals surface area (Å²) in [5.74, 6) is 0.416. The van der Waals surface area contributed by atoms with E-state index in [0.29, 0.717) is 6.54 Å². The van der Waals surface area contributed by atoms with E-state index in [9.17, 15) is 4.79 Å². The molecule has 4 heteroatoms. The van der Waals surface area contributed by atoms with E-state index in [1.807, 2.05) is 35.9 Å². The van der Waals surface area contributed by atoms with Gasteiger partial charge in [-0.15, -0.1) is 0 Å². The molecule has 0 aromatic carbocycles. The molecule has 0 bridgehead atoms. The number of aryl methyl sites for hydroxylation is 1. The lowest BCUT2D eigenvalue weighted by Crippen LogP contribution is -2.34. The van der Waals surface area contributed by atoms with E-state index >= 15 is 0 Å². The molecule has 0 saturated heterocycles. The zero-order chi connectivity index (χ0) is 12.5. The highest BCUT2D eigenvalue weighted by molar-refractivity contribution is 5.79. The van der Waals surface area contributed by atoms with Crippen LogP contribution in [0, 0.1) is 12.8 Å². The largest absolute Gasteiger partial charge is 0.350 e. The topological polar surface area (TPSA) is 46.4 Å². The van der Waals surface area contributed by atoms with Gasteiger partial charge in [-0.3, -0.25) is 4.79 Å². The van der Waals surface area contributed by atoms with Crippen LogP contribution in [0.2, 0.25) is 0 Å². The molecule has 0 unspecified atom stereocenters. The molecule has 1 N–H and O–H groups in total. The van der Waals surface area contributed by atoms with Gasteiger partial charge in [0.2, 0.25) is 5.91 Å². The fourth-order valence-electron chi connectivity index (χ4n) is 2.28. The summed E-state index contributed by atoms with van der Waals surface area (Å²) in [5.41, 5.74) is 3.02. The fourth-order valence-corrected chi connectivity index (χ4v) is 2.28. The molecule has 0 atom stereocenters. The Balaban J connectivity index is 1.71. The van der Waals surface area contributed by atoms with E-state index in [1.54, 1.807) is 0 Å². The number of rotatable bonds is 3. The highest BCUT2D eigenvalue weighted by Crippen LogP contribution is 2.26. The van der Waals surface area contributed by atoms with E-state index in [1.165, 1.54) is 6.42 Å². The fraction of sp³-hybridized carbons (Fsp3) is 0.429. The van der Waals surface area contributed by atoms with Crippen LogP contribution in [0.5, 0.6) is 0 Å². The highest BCUT2D eigenvalue weighted by Gasteiger charge is 2.24. The highest BCUT2D eigenvalue weighted by atomic mass is 16.1. The maximum atomic E-state index is 11.7. The predicted octanol–water partition coefficient (Wildman–Crippen LogP) is 2.06. The number of imidazole rings is 1. The lowest BCUT2D eigenvalue weighted by Gasteiger charge is -2.23. The number of nitrogens with one attached hydrogen (secondary N) is 1. The third-order valence-corrected chi connectivity index (χ3v) is 3.65. The summed E-state index contributed by atoms with van der Waals surface area (Å²) < 4.78 is 2.00. The maximum Gasteiger partial charge on any atom is 0.223 e. The first kappa shape index (κ1) is 11.3. The second kappa shape index (κ2) is 4.44. The Labute approximate surface area is 106 Å². The van der Waals surface area contributed by atoms with E-state index in [0.717, 1.165) is 29.7 Å². The third kappa shape index (κ3) is 1.98. The summed E-state index contributed by atoms with van der Waals surface area (Å²) in [7, 11) is 0. The van der Waals surface area contributed by atoms with Crippen LogP contribution >= 0.6 is 0 Å². The van der Waals surface area contributed by atoms with Crippen LogP contribution in [-0.2, 0) is 11.3 Å². The molecule has 94 valence electrons. The van der Waals surface area contributed by atoms with Crippen molar-refractivity contribution in [3.05, 3.63) is 35.8 Å². The van der Waals surface area contributed by atoms with Crippen molar-refractivity contribution in [3.8, 4) is 0 Å². The number of amides is 1. The number of carbonyl (C=O) groups excluding carboxylic acids is 1. The van der Waals surface area contributed by atoms with Crippen molar-refractivity contribution in [1.29, 1.82) is 0 Å². The van der Waals surface area contributed by atoms with E-state index in [4.69, 9.17) is 0 Å². The molecule has 1 saturated carbocycles. The molecule has 4 nitrogen and oxygen atoms in total. The molecule has 1 amide bonds. The van der Waals surface area contributed by atoms with E-state index in [2.05, 4.69) is 10.3 Å². The normalized spacial score (nSPS) is 15.6. The Hall–Kier alpha value is -1.84. The first-order valence-corrected chi connectivity index (χ1v) is 6.45. The van der Waals surface area contributed by atoms with Gasteiger partial charge in [0.15, 0.2) is 0 Å². The smallest absolute Gasteiger partial charge is 0.223 e. The van der Waals surface area contributed by atoms with Crippen molar-refractivity contribution < 1.29 is 4.79 Å². The molecule has 1 aliphatic carbocycles. The standard InChI is InChI=1S/C14H17N3O/c1-10-4-3-7-17-9-12(16-13(10)17)8-15-14(18)11-5-2-6-11/h3-4,7,9,11H,2,5-6,8H2,1H3,(H,15,18). The Morgan fingerprint density at radius 3 is 3.06 bits per heavy atom. The summed E-state index contributed by atoms with van der Waals surface area (Å²) in [6, 6.07) is 4.04. The Bertz CT molecular complexity index is 584. The van der Waals surface area contributed by atoms with Gasteiger partial charge in [0.1, 0.15) is 5.65 Å². The van der Waals surface area contributed by atoms with Gasteiger partial charge in [-0.1, -0.05) is 12.5 Å². The van der Waals surface area contributed by atoms with Crippen LogP contribution in [0.15, 0.2) is 24.5 Å². The Morgan fingerprint density at radius 1 is 1.56 bits per heavy atom. The van der Waals surface area contributed by atoms with Crippen molar-refractivity contribution in [1.82, 2.24) is 14.7 Å². The number of pyridine rings is 1. The molecule has 0 spiro atoms. The summed E-state index contributed by atoms with van der Waals surface area (Å²) in [6.45, 7) is 2.56. The average Bonchev–Trinajstić information content (AvgIpc) is 2.68. The van der Waals surface area contributed by atoms with Crippen molar-refractivity contribution in [3.63, 3.8) is 0 Å². The maximum absolute atomic E-state index is 11.7. The number of carbonyl (C=O) groups is 1. The van der Waals surface area contributed by atoms with Crippen LogP contribution in [0.1, 0.15) is 30.5 Å². The molecular formula is C14H17N3O. The molecular weight excluding hydrogens is 226 g/mol. The van der Waals surface area contributed by atoms with Gasteiger partial charge in [-0.05, 0) is 31.4 Å². The lowest BCUT2D eigenvalue weighted by atomic mass is 9.85. The molecule has 0 radical (unpaired) electrons. The minimum Gasteiger partial charge on any atom is -0.350 e. The monoisotopic (exact) mass is 243 g/mol. The Morgan fingerprint density at radius 2 is 2.39 bits per heavy atom. The summed E-state index contributed by atoms with van der Waals surface area (Å²) >= 11 is 0. The minimum atomic E-state index is 0.176. The molecule has 1 aliphatic rings. The molecule has 1 fully saturated rings. The van der Waals surface area contributed by atoms with Crippen LogP contribution < -0.4 is 5.32 Å². The number of fused-ring (bicyclic) bond motifs is 1. The molecule has 3 rings (SSSR count). The third-order valence-electron chi connectivity index (χ3n) is 3.65. The zero-order valence-corrected chi connectivity index (χ0v) is 10.5. The molecule has 2 aromatic heterocycles. The van der Waals surface area contributed by atoms with Crippen LogP contribution in [0.3, 0.4) is 0 Å². The van der Waals surface area contributed by atoms with Crippen molar-refractivity contribution in [2.75, 3.05) is 0 Å². The SMILES string of the molecule is Cc1cccn2cc(CNC(=O)C3CCC3)nc12. The van der Waals surface area contributed by atoms with Gasteiger partial charge in [0.25, 0.3) is 0 Å². The first-order valence-electron chi connectivity index (χ1n) is 6.45. The number of hydrogen-bond donors (Lipinski definition) is 1. The first-order chi connectivity index (χ1) is 8.74. The zero-order valence-electron chi connectivity index (χ0n) is 10.5. The Kier molecular flexibility index (Phi) is 2.78. The number of hydrogen-bond acceptors (Lipinski definition) is 2. The average molecular weight is 243 g/mol. The molecule has 2 aromatic rings. The minimum absolute atomic E-state index is 0.176. The molecule has 18 heavy (non-hydrogen) atoms. The second-order valence-corrected chi connectivity index (χ2v) is 5.00. The van der Waals surface area contributed by atoms with Gasteiger partial charge in [0.05, 0.1) is 12.2 Å². The second-order valence-electron chi connectivity index (χ2n) is 5.00. The summed E-state index contributed by atoms with van der Waals surface area (Å²) in [6.07, 6.45) is 7.22. The lowest BCUT2D eigenvalue weighted by molar-refractivity contribution is -0.127. The number of nitrogens with zero attached hydrogens (tertiary/aromatic N) is 2.